The van der Waals surface area contributed by atoms with Gasteiger partial charge in [-0.15, -0.1) is 5.10 Å². The predicted molar refractivity (Wildman–Crippen MR) is 108 cm³/mol. The van der Waals surface area contributed by atoms with Gasteiger partial charge < -0.3 is 10.2 Å². The Morgan fingerprint density at radius 3 is 3.04 bits per heavy atom. The number of fused-ring (bicyclic) bond motifs is 1. The fraction of sp³-hybridized carbons (Fsp3) is 0.368. The first-order valence-electron chi connectivity index (χ1n) is 9.26. The molecule has 1 saturated heterocycles. The molecular formula is C19H21ClN6O2. The van der Waals surface area contributed by atoms with E-state index in [2.05, 4.69) is 27.2 Å². The lowest BCUT2D eigenvalue weighted by Crippen LogP contribution is -2.35. The van der Waals surface area contributed by atoms with Crippen LogP contribution in [-0.4, -0.2) is 38.2 Å². The first-order chi connectivity index (χ1) is 13.5. The number of amides is 1. The van der Waals surface area contributed by atoms with E-state index in [0.717, 1.165) is 24.2 Å². The van der Waals surface area contributed by atoms with Crippen molar-refractivity contribution in [3.05, 3.63) is 52.2 Å². The largest absolute Gasteiger partial charge is 0.353 e. The lowest BCUT2D eigenvalue weighted by molar-refractivity contribution is -0.117. The zero-order valence-electron chi connectivity index (χ0n) is 15.5. The van der Waals surface area contributed by atoms with Crippen LogP contribution in [0.2, 0.25) is 5.02 Å². The molecule has 2 aromatic heterocycles. The zero-order valence-corrected chi connectivity index (χ0v) is 16.3. The fourth-order valence-corrected chi connectivity index (χ4v) is 3.74. The number of hydrogen-bond acceptors (Lipinski definition) is 5. The van der Waals surface area contributed by atoms with E-state index in [9.17, 15) is 9.59 Å². The summed E-state index contributed by atoms with van der Waals surface area (Å²) in [5, 5.41) is 7.64. The number of piperidine rings is 1. The van der Waals surface area contributed by atoms with Crippen LogP contribution < -0.4 is 15.9 Å². The molecule has 0 spiro atoms. The molecule has 4 rings (SSSR count). The van der Waals surface area contributed by atoms with E-state index in [0.29, 0.717) is 28.1 Å². The molecule has 1 aliphatic rings. The van der Waals surface area contributed by atoms with Gasteiger partial charge in [0.1, 0.15) is 6.54 Å². The summed E-state index contributed by atoms with van der Waals surface area (Å²) in [5.41, 5.74) is 0.668. The second-order valence-corrected chi connectivity index (χ2v) is 7.57. The van der Waals surface area contributed by atoms with E-state index < -0.39 is 0 Å². The number of carbonyl (C=O) groups excluding carboxylic acids is 1. The van der Waals surface area contributed by atoms with Crippen LogP contribution >= 0.6 is 11.6 Å². The highest BCUT2D eigenvalue weighted by Crippen LogP contribution is 2.23. The standard InChI is InChI=1S/C19H21ClN6O2/c1-13-4-3-8-24(11-13)17-18-23-26(19(28)25(18)9-7-21-17)12-16(27)22-15-6-2-5-14(20)10-15/h2,5-7,9-10,13H,3-4,8,11-12H2,1H3,(H,22,27)/t13-/m1/s1. The average Bonchev–Trinajstić information content (AvgIpc) is 2.97. The van der Waals surface area contributed by atoms with Crippen LogP contribution in [0.25, 0.3) is 5.65 Å². The molecule has 0 unspecified atom stereocenters. The van der Waals surface area contributed by atoms with E-state index in [1.165, 1.54) is 10.8 Å². The second kappa shape index (κ2) is 7.63. The van der Waals surface area contributed by atoms with Gasteiger partial charge in [-0.25, -0.2) is 18.9 Å². The number of halogens is 1. The Bertz CT molecular complexity index is 1080. The van der Waals surface area contributed by atoms with Crippen LogP contribution in [0.1, 0.15) is 19.8 Å². The number of aromatic nitrogens is 4. The maximum atomic E-state index is 12.7. The summed E-state index contributed by atoms with van der Waals surface area (Å²) < 4.78 is 2.60. The molecule has 0 aliphatic carbocycles. The number of carbonyl (C=O) groups is 1. The molecule has 1 amide bonds. The number of nitrogens with one attached hydrogen (secondary N) is 1. The minimum Gasteiger partial charge on any atom is -0.353 e. The van der Waals surface area contributed by atoms with Crippen LogP contribution in [0.15, 0.2) is 41.5 Å². The molecule has 1 N–H and O–H groups in total. The summed E-state index contributed by atoms with van der Waals surface area (Å²) in [4.78, 5) is 31.7. The van der Waals surface area contributed by atoms with E-state index >= 15 is 0 Å². The highest BCUT2D eigenvalue weighted by atomic mass is 35.5. The van der Waals surface area contributed by atoms with Gasteiger partial charge >= 0.3 is 5.69 Å². The molecule has 1 atom stereocenters. The molecule has 1 aromatic carbocycles. The normalized spacial score (nSPS) is 17.1. The molecule has 8 nitrogen and oxygen atoms in total. The van der Waals surface area contributed by atoms with Gasteiger partial charge in [-0.3, -0.25) is 4.79 Å². The first-order valence-corrected chi connectivity index (χ1v) is 9.63. The van der Waals surface area contributed by atoms with Crippen molar-refractivity contribution in [1.29, 1.82) is 0 Å². The second-order valence-electron chi connectivity index (χ2n) is 7.14. The predicted octanol–water partition coefficient (Wildman–Crippen LogP) is 2.42. The number of hydrogen-bond donors (Lipinski definition) is 1. The highest BCUT2D eigenvalue weighted by Gasteiger charge is 2.22. The molecule has 1 fully saturated rings. The molecule has 28 heavy (non-hydrogen) atoms. The highest BCUT2D eigenvalue weighted by molar-refractivity contribution is 6.30. The van der Waals surface area contributed by atoms with Gasteiger partial charge in [0, 0.05) is 36.2 Å². The van der Waals surface area contributed by atoms with E-state index in [-0.39, 0.29) is 18.1 Å². The lowest BCUT2D eigenvalue weighted by Gasteiger charge is -2.31. The van der Waals surface area contributed by atoms with Gasteiger partial charge in [-0.2, -0.15) is 0 Å². The summed E-state index contributed by atoms with van der Waals surface area (Å²) in [6, 6.07) is 6.84. The first kappa shape index (κ1) is 18.5. The third kappa shape index (κ3) is 3.73. The molecule has 1 aliphatic heterocycles. The summed E-state index contributed by atoms with van der Waals surface area (Å²) in [5.74, 6) is 0.891. The van der Waals surface area contributed by atoms with Crippen molar-refractivity contribution in [2.24, 2.45) is 5.92 Å². The Morgan fingerprint density at radius 2 is 2.25 bits per heavy atom. The Morgan fingerprint density at radius 1 is 1.39 bits per heavy atom. The minimum atomic E-state index is -0.370. The Hall–Kier alpha value is -2.87. The van der Waals surface area contributed by atoms with Gasteiger partial charge in [0.05, 0.1) is 0 Å². The molecule has 3 aromatic rings. The smallest absolute Gasteiger partial charge is 0.350 e. The van der Waals surface area contributed by atoms with Gasteiger partial charge in [0.2, 0.25) is 11.6 Å². The Labute approximate surface area is 166 Å². The summed E-state index contributed by atoms with van der Waals surface area (Å²) >= 11 is 5.93. The van der Waals surface area contributed by atoms with Crippen LogP contribution in [-0.2, 0) is 11.3 Å². The molecule has 0 radical (unpaired) electrons. The van der Waals surface area contributed by atoms with Crippen LogP contribution in [0, 0.1) is 5.92 Å². The molecule has 146 valence electrons. The SMILES string of the molecule is C[C@@H]1CCCN(c2nccn3c(=O)n(CC(=O)Nc4cccc(Cl)c4)nc23)C1. The summed E-state index contributed by atoms with van der Waals surface area (Å²) in [7, 11) is 0. The van der Waals surface area contributed by atoms with Crippen molar-refractivity contribution in [2.75, 3.05) is 23.3 Å². The van der Waals surface area contributed by atoms with Gasteiger partial charge in [-0.1, -0.05) is 24.6 Å². The van der Waals surface area contributed by atoms with Crippen molar-refractivity contribution < 1.29 is 4.79 Å². The van der Waals surface area contributed by atoms with E-state index in [1.807, 2.05) is 0 Å². The minimum absolute atomic E-state index is 0.192. The summed E-state index contributed by atoms with van der Waals surface area (Å²) in [6.45, 7) is 3.77. The van der Waals surface area contributed by atoms with Gasteiger partial charge in [0.25, 0.3) is 0 Å². The number of anilines is 2. The van der Waals surface area contributed by atoms with Crippen molar-refractivity contribution in [1.82, 2.24) is 19.2 Å². The molecule has 9 heteroatoms. The average molecular weight is 401 g/mol. The van der Waals surface area contributed by atoms with E-state index in [4.69, 9.17) is 11.6 Å². The lowest BCUT2D eigenvalue weighted by atomic mass is 10.0. The van der Waals surface area contributed by atoms with Crippen LogP contribution in [0.4, 0.5) is 11.5 Å². The summed E-state index contributed by atoms with van der Waals surface area (Å²) in [6.07, 6.45) is 5.44. The van der Waals surface area contributed by atoms with Crippen molar-refractivity contribution in [3.63, 3.8) is 0 Å². The van der Waals surface area contributed by atoms with Crippen LogP contribution in [0.5, 0.6) is 0 Å². The molecule has 0 saturated carbocycles. The topological polar surface area (TPSA) is 84.5 Å². The van der Waals surface area contributed by atoms with Crippen LogP contribution in [0.3, 0.4) is 0 Å². The quantitative estimate of drug-likeness (QED) is 0.727. The maximum Gasteiger partial charge on any atom is 0.350 e. The van der Waals surface area contributed by atoms with E-state index in [1.54, 1.807) is 36.7 Å². The zero-order chi connectivity index (χ0) is 19.7. The maximum absolute atomic E-state index is 12.7. The monoisotopic (exact) mass is 400 g/mol. The number of nitrogens with zero attached hydrogens (tertiary/aromatic N) is 5. The van der Waals surface area contributed by atoms with Gasteiger partial charge in [-0.05, 0) is 37.0 Å². The number of benzene rings is 1. The molecule has 0 bridgehead atoms. The van der Waals surface area contributed by atoms with Crippen molar-refractivity contribution >= 4 is 34.7 Å². The van der Waals surface area contributed by atoms with Crippen molar-refractivity contribution in [3.8, 4) is 0 Å². The third-order valence-corrected chi connectivity index (χ3v) is 5.08. The fourth-order valence-electron chi connectivity index (χ4n) is 3.55. The third-order valence-electron chi connectivity index (χ3n) is 4.84. The molecular weight excluding hydrogens is 380 g/mol. The molecule has 3 heterocycles. The van der Waals surface area contributed by atoms with Gasteiger partial charge in [0.15, 0.2) is 5.82 Å². The van der Waals surface area contributed by atoms with Crippen molar-refractivity contribution in [2.45, 2.75) is 26.3 Å². The Balaban J connectivity index is 1.60. The Kier molecular flexibility index (Phi) is 5.04. The number of rotatable bonds is 4.